The van der Waals surface area contributed by atoms with Gasteiger partial charge in [0.15, 0.2) is 0 Å². The van der Waals surface area contributed by atoms with E-state index in [0.29, 0.717) is 24.4 Å². The molecule has 1 aromatic rings. The Morgan fingerprint density at radius 3 is 2.62 bits per heavy atom. The zero-order valence-corrected chi connectivity index (χ0v) is 15.2. The summed E-state index contributed by atoms with van der Waals surface area (Å²) >= 11 is 7.25. The molecule has 0 saturated heterocycles. The summed E-state index contributed by atoms with van der Waals surface area (Å²) in [6, 6.07) is 4.72. The molecule has 1 aromatic carbocycles. The first-order valence-electron chi connectivity index (χ1n) is 7.46. The summed E-state index contributed by atoms with van der Waals surface area (Å²) in [4.78, 5) is 34.3. The van der Waals surface area contributed by atoms with Gasteiger partial charge in [-0.3, -0.25) is 14.4 Å². The molecule has 0 fully saturated rings. The van der Waals surface area contributed by atoms with Crippen molar-refractivity contribution in [2.75, 3.05) is 23.4 Å². The van der Waals surface area contributed by atoms with E-state index in [-0.39, 0.29) is 34.1 Å². The van der Waals surface area contributed by atoms with Crippen molar-refractivity contribution in [3.63, 3.8) is 0 Å². The van der Waals surface area contributed by atoms with E-state index in [1.807, 2.05) is 13.8 Å². The Morgan fingerprint density at radius 1 is 1.29 bits per heavy atom. The highest BCUT2D eigenvalue weighted by Crippen LogP contribution is 2.21. The number of carbonyl (C=O) groups excluding carboxylic acids is 2. The molecule has 0 aliphatic heterocycles. The maximum absolute atomic E-state index is 12.1. The normalized spacial score (nSPS) is 10.5. The van der Waals surface area contributed by atoms with Crippen molar-refractivity contribution in [2.24, 2.45) is 5.92 Å². The van der Waals surface area contributed by atoms with Crippen LogP contribution in [0.2, 0.25) is 5.02 Å². The SMILES string of the molecule is CC(C)CC(=O)Nc1ccc(Cl)c(C(=O)NCCSCC(=O)O)c1. The maximum atomic E-state index is 12.1. The number of aliphatic carboxylic acids is 1. The molecule has 0 aliphatic carbocycles. The first-order chi connectivity index (χ1) is 11.3. The topological polar surface area (TPSA) is 95.5 Å². The van der Waals surface area contributed by atoms with Crippen LogP contribution in [-0.4, -0.2) is 40.9 Å². The van der Waals surface area contributed by atoms with Crippen LogP contribution in [0.15, 0.2) is 18.2 Å². The summed E-state index contributed by atoms with van der Waals surface area (Å²) in [6.45, 7) is 4.22. The largest absolute Gasteiger partial charge is 0.481 e. The number of hydrogen-bond acceptors (Lipinski definition) is 4. The van der Waals surface area contributed by atoms with E-state index < -0.39 is 5.97 Å². The summed E-state index contributed by atoms with van der Waals surface area (Å²) in [7, 11) is 0. The van der Waals surface area contributed by atoms with Crippen LogP contribution < -0.4 is 10.6 Å². The number of carboxylic acid groups (broad SMARTS) is 1. The molecule has 8 heteroatoms. The summed E-state index contributed by atoms with van der Waals surface area (Å²) in [5, 5.41) is 14.2. The van der Waals surface area contributed by atoms with Crippen molar-refractivity contribution in [3.8, 4) is 0 Å². The van der Waals surface area contributed by atoms with E-state index in [1.54, 1.807) is 12.1 Å². The van der Waals surface area contributed by atoms with Gasteiger partial charge in [0, 0.05) is 24.4 Å². The van der Waals surface area contributed by atoms with E-state index in [9.17, 15) is 14.4 Å². The fourth-order valence-electron chi connectivity index (χ4n) is 1.85. The van der Waals surface area contributed by atoms with Crippen LogP contribution in [0.5, 0.6) is 0 Å². The van der Waals surface area contributed by atoms with Gasteiger partial charge in [0.05, 0.1) is 16.3 Å². The van der Waals surface area contributed by atoms with Gasteiger partial charge in [-0.15, -0.1) is 11.8 Å². The van der Waals surface area contributed by atoms with E-state index in [1.165, 1.54) is 17.8 Å². The second-order valence-electron chi connectivity index (χ2n) is 5.54. The van der Waals surface area contributed by atoms with Gasteiger partial charge in [-0.1, -0.05) is 25.4 Å². The van der Waals surface area contributed by atoms with E-state index in [0.717, 1.165) is 0 Å². The standard InChI is InChI=1S/C16H21ClN2O4S/c1-10(2)7-14(20)19-11-3-4-13(17)12(8-11)16(23)18-5-6-24-9-15(21)22/h3-4,8,10H,5-7,9H2,1-2H3,(H,18,23)(H,19,20)(H,21,22). The average molecular weight is 373 g/mol. The third-order valence-electron chi connectivity index (χ3n) is 2.85. The predicted octanol–water partition coefficient (Wildman–Crippen LogP) is 2.87. The number of nitrogens with one attached hydrogen (secondary N) is 2. The van der Waals surface area contributed by atoms with Crippen LogP contribution in [0.3, 0.4) is 0 Å². The number of thioether (sulfide) groups is 1. The van der Waals surface area contributed by atoms with Crippen LogP contribution >= 0.6 is 23.4 Å². The number of benzene rings is 1. The molecular weight excluding hydrogens is 352 g/mol. The number of carboxylic acids is 1. The number of anilines is 1. The van der Waals surface area contributed by atoms with Crippen molar-refractivity contribution < 1.29 is 19.5 Å². The molecule has 0 aromatic heterocycles. The van der Waals surface area contributed by atoms with E-state index >= 15 is 0 Å². The number of halogens is 1. The molecule has 0 saturated carbocycles. The van der Waals surface area contributed by atoms with Gasteiger partial charge >= 0.3 is 5.97 Å². The monoisotopic (exact) mass is 372 g/mol. The molecule has 0 bridgehead atoms. The molecule has 2 amide bonds. The van der Waals surface area contributed by atoms with Gasteiger partial charge in [0.2, 0.25) is 5.91 Å². The van der Waals surface area contributed by atoms with Crippen molar-refractivity contribution in [3.05, 3.63) is 28.8 Å². The van der Waals surface area contributed by atoms with Crippen LogP contribution in [0.1, 0.15) is 30.6 Å². The minimum absolute atomic E-state index is 0.00596. The first kappa shape index (κ1) is 20.3. The first-order valence-corrected chi connectivity index (χ1v) is 9.00. The Kier molecular flexibility index (Phi) is 8.63. The Bertz CT molecular complexity index is 608. The lowest BCUT2D eigenvalue weighted by Crippen LogP contribution is -2.26. The van der Waals surface area contributed by atoms with Gasteiger partial charge in [-0.2, -0.15) is 0 Å². The van der Waals surface area contributed by atoms with E-state index in [4.69, 9.17) is 16.7 Å². The lowest BCUT2D eigenvalue weighted by atomic mass is 10.1. The Labute approximate surface area is 150 Å². The Hall–Kier alpha value is -1.73. The molecule has 0 heterocycles. The quantitative estimate of drug-likeness (QED) is 0.579. The summed E-state index contributed by atoms with van der Waals surface area (Å²) in [5.74, 6) is -0.656. The summed E-state index contributed by atoms with van der Waals surface area (Å²) in [6.07, 6.45) is 0.394. The molecule has 24 heavy (non-hydrogen) atoms. The third-order valence-corrected chi connectivity index (χ3v) is 4.12. The van der Waals surface area contributed by atoms with E-state index in [2.05, 4.69) is 10.6 Å². The van der Waals surface area contributed by atoms with Crippen LogP contribution in [0.4, 0.5) is 5.69 Å². The molecule has 1 rings (SSSR count). The smallest absolute Gasteiger partial charge is 0.313 e. The summed E-state index contributed by atoms with van der Waals surface area (Å²) < 4.78 is 0. The summed E-state index contributed by atoms with van der Waals surface area (Å²) in [5.41, 5.74) is 0.776. The molecule has 0 atom stereocenters. The van der Waals surface area contributed by atoms with Crippen LogP contribution in [-0.2, 0) is 9.59 Å². The molecule has 6 nitrogen and oxygen atoms in total. The van der Waals surface area contributed by atoms with Gasteiger partial charge in [-0.25, -0.2) is 0 Å². The molecule has 132 valence electrons. The molecule has 0 unspecified atom stereocenters. The van der Waals surface area contributed by atoms with Gasteiger partial charge in [-0.05, 0) is 24.1 Å². The lowest BCUT2D eigenvalue weighted by Gasteiger charge is -2.10. The van der Waals surface area contributed by atoms with Gasteiger partial charge < -0.3 is 15.7 Å². The van der Waals surface area contributed by atoms with Crippen LogP contribution in [0, 0.1) is 5.92 Å². The average Bonchev–Trinajstić information content (AvgIpc) is 2.47. The Morgan fingerprint density at radius 2 is 2.00 bits per heavy atom. The molecular formula is C16H21ClN2O4S. The zero-order chi connectivity index (χ0) is 18.1. The second kappa shape index (κ2) is 10.2. The Balaban J connectivity index is 2.60. The van der Waals surface area contributed by atoms with Gasteiger partial charge in [0.25, 0.3) is 5.91 Å². The number of rotatable bonds is 9. The minimum Gasteiger partial charge on any atom is -0.481 e. The highest BCUT2D eigenvalue weighted by molar-refractivity contribution is 7.99. The van der Waals surface area contributed by atoms with Crippen molar-refractivity contribution >= 4 is 46.8 Å². The minimum atomic E-state index is -0.890. The molecule has 0 spiro atoms. The van der Waals surface area contributed by atoms with Gasteiger partial charge in [0.1, 0.15) is 0 Å². The number of carbonyl (C=O) groups is 3. The van der Waals surface area contributed by atoms with Crippen LogP contribution in [0.25, 0.3) is 0 Å². The lowest BCUT2D eigenvalue weighted by molar-refractivity contribution is -0.133. The van der Waals surface area contributed by atoms with Crippen molar-refractivity contribution in [1.82, 2.24) is 5.32 Å². The molecule has 3 N–H and O–H groups in total. The fraction of sp³-hybridized carbons (Fsp3) is 0.438. The zero-order valence-electron chi connectivity index (χ0n) is 13.6. The highest BCUT2D eigenvalue weighted by atomic mass is 35.5. The molecule has 0 radical (unpaired) electrons. The number of hydrogen-bond donors (Lipinski definition) is 3. The van der Waals surface area contributed by atoms with Crippen molar-refractivity contribution in [1.29, 1.82) is 0 Å². The van der Waals surface area contributed by atoms with Crippen molar-refractivity contribution in [2.45, 2.75) is 20.3 Å². The predicted molar refractivity (Wildman–Crippen MR) is 96.8 cm³/mol. The highest BCUT2D eigenvalue weighted by Gasteiger charge is 2.12. The maximum Gasteiger partial charge on any atom is 0.313 e. The third kappa shape index (κ3) is 7.70. The molecule has 0 aliphatic rings. The fourth-order valence-corrected chi connectivity index (χ4v) is 2.62. The second-order valence-corrected chi connectivity index (χ2v) is 7.06. The number of amides is 2.